The molecule has 38 heavy (non-hydrogen) atoms. The largest absolute Gasteiger partial charge is 0.462 e. The van der Waals surface area contributed by atoms with E-state index in [1.807, 2.05) is 0 Å². The molecule has 1 aliphatic heterocycles. The smallest absolute Gasteiger partial charge is 0.357 e. The van der Waals surface area contributed by atoms with E-state index in [2.05, 4.69) is 0 Å². The zero-order chi connectivity index (χ0) is 27.7. The van der Waals surface area contributed by atoms with Gasteiger partial charge >= 0.3 is 11.9 Å². The van der Waals surface area contributed by atoms with Crippen molar-refractivity contribution in [1.82, 2.24) is 4.57 Å². The van der Waals surface area contributed by atoms with Crippen LogP contribution in [-0.4, -0.2) is 35.6 Å². The first-order valence-electron chi connectivity index (χ1n) is 11.3. The van der Waals surface area contributed by atoms with Crippen molar-refractivity contribution in [3.05, 3.63) is 83.9 Å². The second-order valence-corrected chi connectivity index (χ2v) is 10.7. The van der Waals surface area contributed by atoms with Crippen LogP contribution in [0.25, 0.3) is 11.0 Å². The molecule has 1 atom stereocenters. The maximum Gasteiger partial charge on any atom is 0.357 e. The highest BCUT2D eigenvalue weighted by Crippen LogP contribution is 2.42. The van der Waals surface area contributed by atoms with E-state index in [4.69, 9.17) is 61.6 Å². The molecule has 1 aromatic heterocycles. The summed E-state index contributed by atoms with van der Waals surface area (Å²) < 4.78 is 11.6. The molecule has 2 N–H and O–H groups in total. The number of aromatic nitrogens is 1. The molecule has 0 saturated carbocycles. The van der Waals surface area contributed by atoms with E-state index in [0.717, 1.165) is 16.3 Å². The summed E-state index contributed by atoms with van der Waals surface area (Å²) in [6.45, 7) is 3.39. The Kier molecular flexibility index (Phi) is 8.69. The number of fused-ring (bicyclic) bond motifs is 1. The summed E-state index contributed by atoms with van der Waals surface area (Å²) in [6.07, 6.45) is 1.57. The molecule has 1 aliphatic rings. The fourth-order valence-electron chi connectivity index (χ4n) is 3.97. The van der Waals surface area contributed by atoms with Gasteiger partial charge in [-0.3, -0.25) is 9.36 Å². The van der Waals surface area contributed by atoms with E-state index in [0.29, 0.717) is 26.2 Å². The summed E-state index contributed by atoms with van der Waals surface area (Å²) in [5, 5.41) is 0.599. The van der Waals surface area contributed by atoms with Crippen LogP contribution in [0, 0.1) is 0 Å². The Balaban J connectivity index is 2.13. The number of anilines is 1. The van der Waals surface area contributed by atoms with Gasteiger partial charge in [0.15, 0.2) is 5.69 Å². The lowest BCUT2D eigenvalue weighted by Gasteiger charge is -2.24. The quantitative estimate of drug-likeness (QED) is 0.367. The molecule has 2 heterocycles. The van der Waals surface area contributed by atoms with Crippen molar-refractivity contribution in [2.24, 2.45) is 0 Å². The van der Waals surface area contributed by atoms with Gasteiger partial charge in [0.05, 0.1) is 24.3 Å². The van der Waals surface area contributed by atoms with Crippen LogP contribution < -0.4 is 16.3 Å². The Morgan fingerprint density at radius 2 is 1.58 bits per heavy atom. The topological polar surface area (TPSA) is 101 Å². The third kappa shape index (κ3) is 5.28. The molecule has 0 fully saturated rings. The SMILES string of the molecule is CCOC(=O)C1=c2/c(=C/c3ccc(Cl)cc3Cl)c(N)c(C(=O)OCC)n2C(=O)[C@@H](c2ccc(Cl)cc2Cl)S1. The molecule has 4 rings (SSSR count). The Morgan fingerprint density at radius 1 is 0.974 bits per heavy atom. The number of ether oxygens (including phenoxy) is 2. The van der Waals surface area contributed by atoms with Gasteiger partial charge in [-0.15, -0.1) is 0 Å². The predicted molar refractivity (Wildman–Crippen MR) is 152 cm³/mol. The molecule has 0 radical (unpaired) electrons. The van der Waals surface area contributed by atoms with Crippen LogP contribution in [0.1, 0.15) is 45.5 Å². The van der Waals surface area contributed by atoms with Crippen LogP contribution in [0.5, 0.6) is 0 Å². The maximum absolute atomic E-state index is 14.0. The second kappa shape index (κ2) is 11.6. The van der Waals surface area contributed by atoms with Crippen LogP contribution in [-0.2, 0) is 14.3 Å². The highest BCUT2D eigenvalue weighted by atomic mass is 35.5. The molecular formula is C26H20Cl4N2O5S. The van der Waals surface area contributed by atoms with Crippen LogP contribution >= 0.6 is 58.2 Å². The fraction of sp³-hybridized carbons (Fsp3) is 0.192. The number of carbonyl (C=O) groups is 3. The summed E-state index contributed by atoms with van der Waals surface area (Å²) in [7, 11) is 0. The number of benzene rings is 2. The number of thioether (sulfide) groups is 1. The summed E-state index contributed by atoms with van der Waals surface area (Å²) in [4.78, 5) is 40.4. The molecule has 0 bridgehead atoms. The van der Waals surface area contributed by atoms with Crippen molar-refractivity contribution in [1.29, 1.82) is 0 Å². The number of esters is 2. The van der Waals surface area contributed by atoms with E-state index in [9.17, 15) is 14.4 Å². The van der Waals surface area contributed by atoms with Gasteiger partial charge in [-0.05, 0) is 55.3 Å². The van der Waals surface area contributed by atoms with Crippen molar-refractivity contribution in [2.75, 3.05) is 18.9 Å². The normalized spacial score (nSPS) is 15.4. The lowest BCUT2D eigenvalue weighted by Crippen LogP contribution is -2.42. The minimum Gasteiger partial charge on any atom is -0.462 e. The van der Waals surface area contributed by atoms with Gasteiger partial charge in [0.1, 0.15) is 10.2 Å². The minimum absolute atomic E-state index is 0.0324. The number of nitrogen functional groups attached to an aromatic ring is 1. The van der Waals surface area contributed by atoms with Gasteiger partial charge in [-0.25, -0.2) is 9.59 Å². The highest BCUT2D eigenvalue weighted by Gasteiger charge is 2.39. The Hall–Kier alpha value is -2.62. The van der Waals surface area contributed by atoms with Crippen LogP contribution in [0.4, 0.5) is 5.69 Å². The average Bonchev–Trinajstić information content (AvgIpc) is 3.14. The van der Waals surface area contributed by atoms with Crippen molar-refractivity contribution < 1.29 is 23.9 Å². The first-order chi connectivity index (χ1) is 18.1. The number of nitrogens with two attached hydrogens (primary N) is 1. The molecule has 7 nitrogen and oxygen atoms in total. The Bertz CT molecular complexity index is 1600. The molecule has 2 aromatic carbocycles. The number of hydrogen-bond donors (Lipinski definition) is 1. The Morgan fingerprint density at radius 3 is 2.18 bits per heavy atom. The third-order valence-electron chi connectivity index (χ3n) is 5.58. The third-order valence-corrected chi connectivity index (χ3v) is 7.99. The lowest BCUT2D eigenvalue weighted by molar-refractivity contribution is -0.135. The van der Waals surface area contributed by atoms with E-state index in [1.165, 1.54) is 12.1 Å². The van der Waals surface area contributed by atoms with Crippen molar-refractivity contribution in [2.45, 2.75) is 19.1 Å². The maximum atomic E-state index is 14.0. The number of carbonyl (C=O) groups excluding carboxylic acids is 3. The van der Waals surface area contributed by atoms with Gasteiger partial charge in [0, 0.05) is 25.3 Å². The van der Waals surface area contributed by atoms with Crippen molar-refractivity contribution in [3.8, 4) is 0 Å². The molecule has 198 valence electrons. The van der Waals surface area contributed by atoms with Crippen molar-refractivity contribution >= 4 is 92.7 Å². The highest BCUT2D eigenvalue weighted by molar-refractivity contribution is 8.10. The summed E-state index contributed by atoms with van der Waals surface area (Å²) in [5.41, 5.74) is 7.09. The van der Waals surface area contributed by atoms with Gasteiger partial charge in [-0.2, -0.15) is 0 Å². The van der Waals surface area contributed by atoms with E-state index in [1.54, 1.807) is 44.2 Å². The molecular weight excluding hydrogens is 594 g/mol. The standard InChI is InChI=1S/C26H20Cl4N2O5S/c1-3-36-25(34)21-19(31)16(9-12-5-6-13(27)10-17(12)29)20-23(26(35)37-4-2)38-22(24(33)32(20)21)15-8-7-14(28)11-18(15)30/h5-11,22H,3-4,31H2,1-2H3/b16-9+/t22-/m1/s1. The van der Waals surface area contributed by atoms with E-state index in [-0.39, 0.29) is 45.1 Å². The second-order valence-electron chi connectivity index (χ2n) is 7.94. The minimum atomic E-state index is -1.02. The van der Waals surface area contributed by atoms with Gasteiger partial charge in [0.25, 0.3) is 0 Å². The van der Waals surface area contributed by atoms with E-state index >= 15 is 0 Å². The molecule has 0 amide bonds. The molecule has 0 aliphatic carbocycles. The fourth-order valence-corrected chi connectivity index (χ4v) is 6.25. The molecule has 3 aromatic rings. The first-order valence-corrected chi connectivity index (χ1v) is 13.7. The predicted octanol–water partition coefficient (Wildman–Crippen LogP) is 5.49. The molecule has 12 heteroatoms. The average molecular weight is 614 g/mol. The summed E-state index contributed by atoms with van der Waals surface area (Å²) >= 11 is 25.9. The number of halogens is 4. The molecule has 0 spiro atoms. The van der Waals surface area contributed by atoms with Gasteiger partial charge < -0.3 is 15.2 Å². The van der Waals surface area contributed by atoms with Crippen LogP contribution in [0.2, 0.25) is 20.1 Å². The monoisotopic (exact) mass is 612 g/mol. The lowest BCUT2D eigenvalue weighted by atomic mass is 10.1. The number of hydrogen-bond acceptors (Lipinski definition) is 7. The van der Waals surface area contributed by atoms with E-state index < -0.39 is 23.1 Å². The molecule has 0 saturated heterocycles. The summed E-state index contributed by atoms with van der Waals surface area (Å²) in [5.74, 6) is -2.09. The van der Waals surface area contributed by atoms with Crippen molar-refractivity contribution in [3.63, 3.8) is 0 Å². The first kappa shape index (κ1) is 28.4. The number of nitrogens with zero attached hydrogens (tertiary/aromatic N) is 1. The number of rotatable bonds is 6. The zero-order valence-electron chi connectivity index (χ0n) is 20.0. The molecule has 0 unspecified atom stereocenters. The Labute approximate surface area is 242 Å². The van der Waals surface area contributed by atoms with Gasteiger partial charge in [0.2, 0.25) is 5.91 Å². The van der Waals surface area contributed by atoms with Crippen LogP contribution in [0.3, 0.4) is 0 Å². The summed E-state index contributed by atoms with van der Waals surface area (Å²) in [6, 6.07) is 9.47. The van der Waals surface area contributed by atoms with Gasteiger partial charge in [-0.1, -0.05) is 70.3 Å². The van der Waals surface area contributed by atoms with Crippen LogP contribution in [0.15, 0.2) is 36.4 Å². The zero-order valence-corrected chi connectivity index (χ0v) is 23.9.